The first-order chi connectivity index (χ1) is 18.5. The van der Waals surface area contributed by atoms with Crippen molar-refractivity contribution in [3.05, 3.63) is 65.7 Å². The Morgan fingerprint density at radius 2 is 1.82 bits per heavy atom. The van der Waals surface area contributed by atoms with Crippen LogP contribution in [0.1, 0.15) is 50.2 Å². The van der Waals surface area contributed by atoms with Crippen LogP contribution in [0.2, 0.25) is 0 Å². The zero-order valence-electron chi connectivity index (χ0n) is 23.5. The van der Waals surface area contributed by atoms with E-state index < -0.39 is 16.9 Å². The Balaban J connectivity index is 1.55. The van der Waals surface area contributed by atoms with Crippen LogP contribution in [0.4, 0.5) is 0 Å². The van der Waals surface area contributed by atoms with Crippen LogP contribution in [0.15, 0.2) is 54.6 Å². The summed E-state index contributed by atoms with van der Waals surface area (Å²) in [6, 6.07) is 17.6. The van der Waals surface area contributed by atoms with Crippen molar-refractivity contribution >= 4 is 17.6 Å². The molecule has 2 aliphatic rings. The lowest BCUT2D eigenvalue weighted by atomic mass is 9.69. The summed E-state index contributed by atoms with van der Waals surface area (Å²) in [5, 5.41) is 0. The smallest absolute Gasteiger partial charge is 0.231 e. The number of hydrogen-bond acceptors (Lipinski definition) is 6. The van der Waals surface area contributed by atoms with Crippen LogP contribution >= 0.6 is 0 Å². The average molecular weight is 536 g/mol. The molecule has 2 amide bonds. The van der Waals surface area contributed by atoms with Gasteiger partial charge in [0, 0.05) is 39.0 Å². The minimum absolute atomic E-state index is 0.00359. The first-order valence-electron chi connectivity index (χ1n) is 13.7. The molecular weight excluding hydrogens is 494 g/mol. The number of hydrogen-bond donors (Lipinski definition) is 1. The van der Waals surface area contributed by atoms with Crippen LogP contribution in [0.3, 0.4) is 0 Å². The molecule has 2 saturated heterocycles. The highest BCUT2D eigenvalue weighted by atomic mass is 16.5. The Labute approximate surface area is 231 Å². The molecule has 0 aromatic heterocycles. The monoisotopic (exact) mass is 535 g/mol. The lowest BCUT2D eigenvalue weighted by Crippen LogP contribution is -2.53. The third kappa shape index (κ3) is 6.34. The standard InChI is InChI=1S/C31H41N3O5/c1-30(2,32)27(35)17-24(20-39-19-22-9-6-5-7-10-22)28(36)34-16-8-15-31(21-34)26(18-33(3)29(31)37)23-11-13-25(38-4)14-12-23/h5-7,9-14,24,26H,8,15-21,32H2,1-4H3/t24-,26?,31?/m1/s1. The van der Waals surface area contributed by atoms with Gasteiger partial charge in [-0.25, -0.2) is 0 Å². The Morgan fingerprint density at radius 1 is 1.13 bits per heavy atom. The molecule has 3 atom stereocenters. The van der Waals surface area contributed by atoms with Gasteiger partial charge >= 0.3 is 0 Å². The summed E-state index contributed by atoms with van der Waals surface area (Å²) in [7, 11) is 3.46. The molecule has 4 rings (SSSR count). The lowest BCUT2D eigenvalue weighted by molar-refractivity contribution is -0.148. The Bertz CT molecular complexity index is 1160. The maximum Gasteiger partial charge on any atom is 0.231 e. The highest BCUT2D eigenvalue weighted by Gasteiger charge is 2.55. The fourth-order valence-electron chi connectivity index (χ4n) is 5.91. The number of likely N-dealkylation sites (N-methyl/N-ethyl adjacent to an activating group) is 1. The zero-order valence-corrected chi connectivity index (χ0v) is 23.5. The van der Waals surface area contributed by atoms with Crippen molar-refractivity contribution in [2.24, 2.45) is 17.1 Å². The van der Waals surface area contributed by atoms with E-state index in [-0.39, 0.29) is 36.5 Å². The molecule has 0 bridgehead atoms. The molecule has 39 heavy (non-hydrogen) atoms. The van der Waals surface area contributed by atoms with Gasteiger partial charge in [0.05, 0.1) is 37.2 Å². The number of ketones is 1. The largest absolute Gasteiger partial charge is 0.497 e. The van der Waals surface area contributed by atoms with E-state index in [4.69, 9.17) is 15.2 Å². The van der Waals surface area contributed by atoms with E-state index in [2.05, 4.69) is 0 Å². The summed E-state index contributed by atoms with van der Waals surface area (Å²) in [6.07, 6.45) is 1.42. The number of nitrogens with two attached hydrogens (primary N) is 1. The number of methoxy groups -OCH3 is 1. The fraction of sp³-hybridized carbons (Fsp3) is 0.516. The van der Waals surface area contributed by atoms with Crippen molar-refractivity contribution in [2.45, 2.75) is 51.2 Å². The van der Waals surface area contributed by atoms with Gasteiger partial charge in [0.1, 0.15) is 5.75 Å². The van der Waals surface area contributed by atoms with Crippen LogP contribution in [0, 0.1) is 11.3 Å². The van der Waals surface area contributed by atoms with Gasteiger partial charge < -0.3 is 25.0 Å². The topological polar surface area (TPSA) is 102 Å². The average Bonchev–Trinajstić information content (AvgIpc) is 3.16. The minimum Gasteiger partial charge on any atom is -0.497 e. The summed E-state index contributed by atoms with van der Waals surface area (Å²) in [5.41, 5.74) is 6.38. The van der Waals surface area contributed by atoms with Crippen molar-refractivity contribution in [2.75, 3.05) is 40.4 Å². The quantitative estimate of drug-likeness (QED) is 0.501. The van der Waals surface area contributed by atoms with Crippen molar-refractivity contribution in [1.29, 1.82) is 0 Å². The second-order valence-corrected chi connectivity index (χ2v) is 11.6. The molecule has 2 aromatic carbocycles. The number of ether oxygens (including phenoxy) is 2. The molecule has 2 N–H and O–H groups in total. The number of piperidine rings is 1. The number of carbonyl (C=O) groups excluding carboxylic acids is 3. The molecule has 210 valence electrons. The van der Waals surface area contributed by atoms with E-state index in [1.165, 1.54) is 0 Å². The van der Waals surface area contributed by atoms with Gasteiger partial charge in [-0.2, -0.15) is 0 Å². The maximum absolute atomic E-state index is 14.0. The van der Waals surface area contributed by atoms with Crippen LogP contribution in [-0.4, -0.2) is 73.3 Å². The Morgan fingerprint density at radius 3 is 2.46 bits per heavy atom. The van der Waals surface area contributed by atoms with E-state index in [0.717, 1.165) is 16.9 Å². The van der Waals surface area contributed by atoms with Crippen LogP contribution in [0.5, 0.6) is 5.75 Å². The number of benzene rings is 2. The van der Waals surface area contributed by atoms with Gasteiger partial charge in [-0.05, 0) is 49.9 Å². The van der Waals surface area contributed by atoms with Gasteiger partial charge in [-0.1, -0.05) is 42.5 Å². The lowest BCUT2D eigenvalue weighted by Gasteiger charge is -2.43. The summed E-state index contributed by atoms with van der Waals surface area (Å²) < 4.78 is 11.3. The van der Waals surface area contributed by atoms with E-state index >= 15 is 0 Å². The van der Waals surface area contributed by atoms with Gasteiger partial charge in [-0.3, -0.25) is 14.4 Å². The summed E-state index contributed by atoms with van der Waals surface area (Å²) >= 11 is 0. The first kappa shape index (κ1) is 28.8. The van der Waals surface area contributed by atoms with Gasteiger partial charge in [0.25, 0.3) is 0 Å². The van der Waals surface area contributed by atoms with E-state index in [1.807, 2.05) is 61.6 Å². The van der Waals surface area contributed by atoms with Crippen molar-refractivity contribution in [3.8, 4) is 5.75 Å². The fourth-order valence-corrected chi connectivity index (χ4v) is 5.91. The molecule has 8 heteroatoms. The molecule has 2 fully saturated rings. The zero-order chi connectivity index (χ0) is 28.2. The molecule has 1 spiro atoms. The van der Waals surface area contributed by atoms with Crippen LogP contribution in [0.25, 0.3) is 0 Å². The van der Waals surface area contributed by atoms with Gasteiger partial charge in [0.2, 0.25) is 11.8 Å². The number of Topliss-reactive ketones (excluding diaryl/α,β-unsaturated/α-hetero) is 1. The molecule has 0 radical (unpaired) electrons. The predicted octanol–water partition coefficient (Wildman–Crippen LogP) is 3.39. The van der Waals surface area contributed by atoms with E-state index in [0.29, 0.717) is 39.1 Å². The molecule has 2 unspecified atom stereocenters. The summed E-state index contributed by atoms with van der Waals surface area (Å²) in [6.45, 7) is 5.22. The van der Waals surface area contributed by atoms with Gasteiger partial charge in [0.15, 0.2) is 5.78 Å². The summed E-state index contributed by atoms with van der Waals surface area (Å²) in [5.74, 6) is -0.241. The van der Waals surface area contributed by atoms with Crippen LogP contribution in [-0.2, 0) is 25.7 Å². The maximum atomic E-state index is 14.0. The summed E-state index contributed by atoms with van der Waals surface area (Å²) in [4.78, 5) is 44.1. The predicted molar refractivity (Wildman–Crippen MR) is 149 cm³/mol. The molecule has 2 aliphatic heterocycles. The second kappa shape index (κ2) is 11.9. The Hall–Kier alpha value is -3.23. The van der Waals surface area contributed by atoms with Crippen molar-refractivity contribution in [1.82, 2.24) is 9.80 Å². The highest BCUT2D eigenvalue weighted by Crippen LogP contribution is 2.49. The second-order valence-electron chi connectivity index (χ2n) is 11.6. The number of nitrogens with zero attached hydrogens (tertiary/aromatic N) is 2. The number of carbonyl (C=O) groups is 3. The van der Waals surface area contributed by atoms with Crippen LogP contribution < -0.4 is 10.5 Å². The molecule has 0 aliphatic carbocycles. The number of amides is 2. The highest BCUT2D eigenvalue weighted by molar-refractivity contribution is 5.92. The molecule has 8 nitrogen and oxygen atoms in total. The van der Waals surface area contributed by atoms with Gasteiger partial charge in [-0.15, -0.1) is 0 Å². The van der Waals surface area contributed by atoms with Crippen molar-refractivity contribution < 1.29 is 23.9 Å². The first-order valence-corrected chi connectivity index (χ1v) is 13.7. The normalized spacial score (nSPS) is 22.3. The van der Waals surface area contributed by atoms with E-state index in [9.17, 15) is 14.4 Å². The Kier molecular flexibility index (Phi) is 8.76. The molecular formula is C31H41N3O5. The third-order valence-corrected chi connectivity index (χ3v) is 8.18. The minimum atomic E-state index is -1.05. The number of rotatable bonds is 10. The SMILES string of the molecule is COc1ccc(C2CN(C)C(=O)C23CCCN(C(=O)[C@@H](COCc2ccccc2)CC(=O)C(C)(C)N)C3)cc1. The van der Waals surface area contributed by atoms with E-state index in [1.54, 1.807) is 30.8 Å². The number of likely N-dealkylation sites (tertiary alicyclic amines) is 2. The third-order valence-electron chi connectivity index (χ3n) is 8.18. The molecule has 0 saturated carbocycles. The van der Waals surface area contributed by atoms with Crippen molar-refractivity contribution in [3.63, 3.8) is 0 Å². The molecule has 2 aromatic rings. The molecule has 2 heterocycles.